The normalized spacial score (nSPS) is 25.4. The predicted octanol–water partition coefficient (Wildman–Crippen LogP) is 1.95. The molecule has 1 aromatic rings. The zero-order chi connectivity index (χ0) is 22.4. The fourth-order valence-corrected chi connectivity index (χ4v) is 4.95. The van der Waals surface area contributed by atoms with Crippen molar-refractivity contribution >= 4 is 58.6 Å². The molecule has 0 saturated carbocycles. The molecule has 1 unspecified atom stereocenters. The maximum Gasteiger partial charge on any atom is 0.329 e. The first-order valence-corrected chi connectivity index (χ1v) is 12.6. The van der Waals surface area contributed by atoms with E-state index >= 15 is 0 Å². The van der Waals surface area contributed by atoms with Gasteiger partial charge in [-0.1, -0.05) is 19.9 Å². The smallest absolute Gasteiger partial charge is 0.329 e. The lowest BCUT2D eigenvalue weighted by molar-refractivity contribution is -0.153. The summed E-state index contributed by atoms with van der Waals surface area (Å²) in [6, 6.07) is -1.42. The number of esters is 1. The van der Waals surface area contributed by atoms with Gasteiger partial charge in [0.2, 0.25) is 11.8 Å². The minimum absolute atomic E-state index is 0.0169. The van der Waals surface area contributed by atoms with Crippen molar-refractivity contribution < 1.29 is 19.1 Å². The highest BCUT2D eigenvalue weighted by atomic mass is 32.2. The Kier molecular flexibility index (Phi) is 8.56. The molecule has 0 saturated heterocycles. The van der Waals surface area contributed by atoms with Crippen molar-refractivity contribution in [3.05, 3.63) is 28.2 Å². The molecule has 2 aliphatic heterocycles. The molecule has 3 heterocycles. The van der Waals surface area contributed by atoms with Gasteiger partial charge in [0.05, 0.1) is 13.0 Å². The number of nitrogens with zero attached hydrogens (tertiary/aromatic N) is 2. The van der Waals surface area contributed by atoms with Crippen LogP contribution in [0, 0.1) is 5.92 Å². The van der Waals surface area contributed by atoms with Gasteiger partial charge in [-0.05, 0) is 24.2 Å². The molecule has 2 amide bonds. The van der Waals surface area contributed by atoms with Crippen molar-refractivity contribution in [2.45, 2.75) is 51.4 Å². The minimum atomic E-state index is -0.834. The summed E-state index contributed by atoms with van der Waals surface area (Å²) in [5.74, 6) is -0.205. The molecule has 31 heavy (non-hydrogen) atoms. The average molecular weight is 483 g/mol. The highest BCUT2D eigenvalue weighted by Gasteiger charge is 2.33. The van der Waals surface area contributed by atoms with E-state index in [0.717, 1.165) is 5.01 Å². The molecule has 0 fully saturated rings. The van der Waals surface area contributed by atoms with Gasteiger partial charge in [0.25, 0.3) is 0 Å². The molecule has 0 spiro atoms. The second-order valence-electron chi connectivity index (χ2n) is 7.51. The molecule has 8 nitrogen and oxygen atoms in total. The lowest BCUT2D eigenvalue weighted by atomic mass is 10.0. The summed E-state index contributed by atoms with van der Waals surface area (Å²) < 4.78 is 5.62. The van der Waals surface area contributed by atoms with Gasteiger partial charge >= 0.3 is 5.97 Å². The van der Waals surface area contributed by atoms with Gasteiger partial charge in [0.1, 0.15) is 33.9 Å². The third-order valence-corrected chi connectivity index (χ3v) is 6.86. The highest BCUT2D eigenvalue weighted by Crippen LogP contribution is 2.25. The second-order valence-corrected chi connectivity index (χ2v) is 9.91. The van der Waals surface area contributed by atoms with E-state index in [9.17, 15) is 14.4 Å². The summed E-state index contributed by atoms with van der Waals surface area (Å²) in [4.78, 5) is 47.1. The van der Waals surface area contributed by atoms with Crippen LogP contribution in [0.2, 0.25) is 0 Å². The van der Waals surface area contributed by atoms with Crippen LogP contribution in [0.5, 0.6) is 0 Å². The van der Waals surface area contributed by atoms with Gasteiger partial charge in [0.15, 0.2) is 0 Å². The Bertz CT molecular complexity index is 884. The third-order valence-electron chi connectivity index (χ3n) is 4.68. The molecule has 11 heteroatoms. The number of carbonyl (C=O) groups is 3. The van der Waals surface area contributed by atoms with Crippen molar-refractivity contribution in [1.82, 2.24) is 15.6 Å². The van der Waals surface area contributed by atoms with Crippen LogP contribution in [0.3, 0.4) is 0 Å². The van der Waals surface area contributed by atoms with Crippen LogP contribution < -0.4 is 10.6 Å². The first-order valence-electron chi connectivity index (χ1n) is 10.1. The number of aliphatic imine (C=N–C) groups is 1. The maximum absolute atomic E-state index is 12.9. The Morgan fingerprint density at radius 3 is 2.90 bits per heavy atom. The summed E-state index contributed by atoms with van der Waals surface area (Å²) in [6.45, 7) is 3.94. The molecule has 1 aromatic heterocycles. The number of ether oxygens (including phenoxy) is 1. The van der Waals surface area contributed by atoms with Crippen LogP contribution >= 0.6 is 35.7 Å². The number of amides is 2. The number of carbonyl (C=O) groups excluding carboxylic acids is 3. The van der Waals surface area contributed by atoms with Crippen molar-refractivity contribution in [2.75, 3.05) is 11.5 Å². The number of cyclic esters (lactones) is 1. The molecule has 4 bridgehead atoms. The van der Waals surface area contributed by atoms with Crippen molar-refractivity contribution in [1.29, 1.82) is 0 Å². The second kappa shape index (κ2) is 11.1. The number of hydrogen-bond donors (Lipinski definition) is 3. The summed E-state index contributed by atoms with van der Waals surface area (Å²) in [5, 5.41) is 8.93. The van der Waals surface area contributed by atoms with E-state index in [1.54, 1.807) is 6.08 Å². The molecule has 3 atom stereocenters. The van der Waals surface area contributed by atoms with Crippen LogP contribution in [0.1, 0.15) is 37.4 Å². The zero-order valence-corrected chi connectivity index (χ0v) is 19.9. The molecule has 2 N–H and O–H groups in total. The van der Waals surface area contributed by atoms with Gasteiger partial charge in [0, 0.05) is 11.1 Å². The fourth-order valence-electron chi connectivity index (χ4n) is 3.01. The number of hydrogen-bond acceptors (Lipinski definition) is 9. The molecule has 168 valence electrons. The number of thiol groups is 1. The first kappa shape index (κ1) is 23.8. The van der Waals surface area contributed by atoms with Crippen LogP contribution in [0.4, 0.5) is 0 Å². The van der Waals surface area contributed by atoms with Crippen LogP contribution in [-0.2, 0) is 25.7 Å². The Labute approximate surface area is 195 Å². The lowest BCUT2D eigenvalue weighted by Crippen LogP contribution is -2.49. The van der Waals surface area contributed by atoms with E-state index in [1.165, 1.54) is 23.1 Å². The number of thioether (sulfide) groups is 1. The molecule has 0 aliphatic carbocycles. The number of nitrogens with one attached hydrogen (secondary N) is 2. The van der Waals surface area contributed by atoms with Gasteiger partial charge in [-0.3, -0.25) is 14.6 Å². The molecule has 2 aliphatic rings. The standard InChI is InChI=1S/C20H26N4O4S3/c1-11(2)17-20(27)28-12(5-3-4-6-29)7-15(25)21-8-16-22-14(10-30-16)19-23-13(9-31-19)18(26)24-17/h3,5,10-13,17,29H,4,6-9H2,1-2H3,(H,21,25)(H,24,26)/b5-3+/t12?,13-,17-/m0/s1. The molecule has 3 rings (SSSR count). The van der Waals surface area contributed by atoms with E-state index in [0.29, 0.717) is 28.7 Å². The predicted molar refractivity (Wildman–Crippen MR) is 126 cm³/mol. The summed E-state index contributed by atoms with van der Waals surface area (Å²) in [5.41, 5.74) is 0.703. The number of fused-ring (bicyclic) bond motifs is 4. The van der Waals surface area contributed by atoms with E-state index in [-0.39, 0.29) is 30.7 Å². The van der Waals surface area contributed by atoms with E-state index < -0.39 is 24.2 Å². The Hall–Kier alpha value is -1.85. The van der Waals surface area contributed by atoms with E-state index in [2.05, 4.69) is 33.2 Å². The van der Waals surface area contributed by atoms with E-state index in [4.69, 9.17) is 4.74 Å². The quantitative estimate of drug-likeness (QED) is 0.344. The van der Waals surface area contributed by atoms with Gasteiger partial charge < -0.3 is 15.4 Å². The van der Waals surface area contributed by atoms with E-state index in [1.807, 2.05) is 25.3 Å². The number of rotatable bonds is 4. The van der Waals surface area contributed by atoms with Crippen LogP contribution in [-0.4, -0.2) is 57.5 Å². The maximum atomic E-state index is 12.9. The first-order chi connectivity index (χ1) is 14.9. The van der Waals surface area contributed by atoms with Crippen LogP contribution in [0.25, 0.3) is 0 Å². The third kappa shape index (κ3) is 6.56. The fraction of sp³-hybridized carbons (Fsp3) is 0.550. The van der Waals surface area contributed by atoms with Gasteiger partial charge in [-0.15, -0.1) is 23.1 Å². The largest absolute Gasteiger partial charge is 0.456 e. The summed E-state index contributed by atoms with van der Waals surface area (Å²) in [7, 11) is 0. The van der Waals surface area contributed by atoms with Crippen LogP contribution in [0.15, 0.2) is 22.5 Å². The topological polar surface area (TPSA) is 110 Å². The van der Waals surface area contributed by atoms with Gasteiger partial charge in [-0.2, -0.15) is 12.6 Å². The zero-order valence-electron chi connectivity index (χ0n) is 17.4. The monoisotopic (exact) mass is 482 g/mol. The molecular formula is C20H26N4O4S3. The van der Waals surface area contributed by atoms with Crippen molar-refractivity contribution in [3.8, 4) is 0 Å². The molecule has 0 radical (unpaired) electrons. The Morgan fingerprint density at radius 2 is 2.16 bits per heavy atom. The highest BCUT2D eigenvalue weighted by molar-refractivity contribution is 8.14. The molecule has 0 aromatic carbocycles. The Balaban J connectivity index is 1.87. The number of thiazole rings is 1. The van der Waals surface area contributed by atoms with Gasteiger partial charge in [-0.25, -0.2) is 9.78 Å². The Morgan fingerprint density at radius 1 is 1.35 bits per heavy atom. The molecular weight excluding hydrogens is 456 g/mol. The summed E-state index contributed by atoms with van der Waals surface area (Å²) in [6.07, 6.45) is 3.46. The average Bonchev–Trinajstić information content (AvgIpc) is 3.39. The SMILES string of the molecule is CC(C)[C@@H]1NC(=O)[C@@H]2CSC(=N2)c2csc(n2)CNC(=O)CC(/C=C/CCS)OC1=O. The van der Waals surface area contributed by atoms with Crippen molar-refractivity contribution in [2.24, 2.45) is 10.9 Å². The number of aromatic nitrogens is 1. The lowest BCUT2D eigenvalue weighted by Gasteiger charge is -2.24. The summed E-state index contributed by atoms with van der Waals surface area (Å²) >= 11 is 7.05. The van der Waals surface area contributed by atoms with Crippen molar-refractivity contribution in [3.63, 3.8) is 0 Å². The minimum Gasteiger partial charge on any atom is -0.456 e. The number of allylic oxidation sites excluding steroid dienone is 1.